The quantitative estimate of drug-likeness (QED) is 0.696. The number of nitrogens with one attached hydrogen (secondary N) is 1. The molecule has 2 heterocycles. The van der Waals surface area contributed by atoms with Gasteiger partial charge in [0.15, 0.2) is 0 Å². The van der Waals surface area contributed by atoms with Crippen molar-refractivity contribution in [2.75, 3.05) is 18.0 Å². The Hall–Kier alpha value is -1.91. The van der Waals surface area contributed by atoms with Crippen LogP contribution in [0.2, 0.25) is 0 Å². The van der Waals surface area contributed by atoms with Crippen molar-refractivity contribution in [2.45, 2.75) is 26.9 Å². The number of thiophene rings is 1. The third-order valence-corrected chi connectivity index (χ3v) is 5.14. The van der Waals surface area contributed by atoms with Gasteiger partial charge in [-0.1, -0.05) is 24.3 Å². The summed E-state index contributed by atoms with van der Waals surface area (Å²) in [5, 5.41) is 4.90. The van der Waals surface area contributed by atoms with Crippen molar-refractivity contribution in [3.63, 3.8) is 0 Å². The molecule has 0 atom stereocenters. The van der Waals surface area contributed by atoms with Crippen LogP contribution in [0.4, 0.5) is 5.82 Å². The molecule has 0 spiro atoms. The molecule has 0 aliphatic rings. The Morgan fingerprint density at radius 2 is 1.87 bits per heavy atom. The van der Waals surface area contributed by atoms with Crippen LogP contribution in [0.15, 0.2) is 48.7 Å². The van der Waals surface area contributed by atoms with Gasteiger partial charge in [0.05, 0.1) is 0 Å². The molecule has 3 nitrogen and oxygen atoms in total. The van der Waals surface area contributed by atoms with Crippen molar-refractivity contribution in [2.24, 2.45) is 0 Å². The van der Waals surface area contributed by atoms with Gasteiger partial charge in [0.25, 0.3) is 0 Å². The summed E-state index contributed by atoms with van der Waals surface area (Å²) >= 11 is 1.86. The molecule has 0 amide bonds. The number of nitrogens with zero attached hydrogens (tertiary/aromatic N) is 2. The minimum atomic E-state index is 0.841. The fourth-order valence-corrected chi connectivity index (χ4v) is 3.85. The summed E-state index contributed by atoms with van der Waals surface area (Å²) < 4.78 is 1.36. The van der Waals surface area contributed by atoms with Crippen molar-refractivity contribution < 1.29 is 0 Å². The second kappa shape index (κ2) is 7.57. The molecule has 0 saturated heterocycles. The molecule has 0 radical (unpaired) electrons. The number of rotatable bonds is 7. The van der Waals surface area contributed by atoms with Crippen molar-refractivity contribution >= 4 is 27.2 Å². The number of pyridine rings is 1. The van der Waals surface area contributed by atoms with Crippen LogP contribution >= 0.6 is 11.3 Å². The molecule has 1 N–H and O–H groups in total. The summed E-state index contributed by atoms with van der Waals surface area (Å²) in [7, 11) is 0. The fraction of sp³-hybridized carbons (Fsp3) is 0.316. The molecule has 0 unspecified atom stereocenters. The summed E-state index contributed by atoms with van der Waals surface area (Å²) in [4.78, 5) is 8.25. The first-order valence-electron chi connectivity index (χ1n) is 8.18. The van der Waals surface area contributed by atoms with E-state index in [1.54, 1.807) is 0 Å². The molecule has 0 aliphatic heterocycles. The number of anilines is 1. The standard InChI is InChI=1S/C19H23N3S/c1-3-22(4-2)19-16(9-7-11-21-19)13-20-14-17-12-15-8-5-6-10-18(15)23-17/h5-12,20H,3-4,13-14H2,1-2H3. The van der Waals surface area contributed by atoms with Crippen LogP contribution in [0.3, 0.4) is 0 Å². The third kappa shape index (κ3) is 3.71. The van der Waals surface area contributed by atoms with Crippen molar-refractivity contribution in [1.29, 1.82) is 0 Å². The molecule has 0 fully saturated rings. The van der Waals surface area contributed by atoms with Gasteiger partial charge in [-0.05, 0) is 37.4 Å². The highest BCUT2D eigenvalue weighted by Crippen LogP contribution is 2.25. The Bertz CT molecular complexity index is 729. The SMILES string of the molecule is CCN(CC)c1ncccc1CNCc1cc2ccccc2s1. The van der Waals surface area contributed by atoms with Crippen LogP contribution in [0, 0.1) is 0 Å². The first-order valence-corrected chi connectivity index (χ1v) is 9.00. The molecule has 3 rings (SSSR count). The smallest absolute Gasteiger partial charge is 0.132 e. The highest BCUT2D eigenvalue weighted by molar-refractivity contribution is 7.19. The fourth-order valence-electron chi connectivity index (χ4n) is 2.82. The highest BCUT2D eigenvalue weighted by atomic mass is 32.1. The summed E-state index contributed by atoms with van der Waals surface area (Å²) in [6.45, 7) is 8.05. The minimum absolute atomic E-state index is 0.841. The Balaban J connectivity index is 1.66. The van der Waals surface area contributed by atoms with E-state index in [1.807, 2.05) is 23.6 Å². The van der Waals surface area contributed by atoms with Crippen LogP contribution in [0.25, 0.3) is 10.1 Å². The molecule has 23 heavy (non-hydrogen) atoms. The van der Waals surface area contributed by atoms with E-state index in [-0.39, 0.29) is 0 Å². The lowest BCUT2D eigenvalue weighted by Gasteiger charge is -2.22. The molecular weight excluding hydrogens is 302 g/mol. The summed E-state index contributed by atoms with van der Waals surface area (Å²) in [6, 6.07) is 15.0. The predicted molar refractivity (Wildman–Crippen MR) is 100 cm³/mol. The van der Waals surface area contributed by atoms with E-state index in [0.717, 1.165) is 32.0 Å². The van der Waals surface area contributed by atoms with E-state index >= 15 is 0 Å². The van der Waals surface area contributed by atoms with E-state index in [0.29, 0.717) is 0 Å². The van der Waals surface area contributed by atoms with Gasteiger partial charge in [-0.15, -0.1) is 11.3 Å². The van der Waals surface area contributed by atoms with Crippen LogP contribution in [0.1, 0.15) is 24.3 Å². The molecule has 4 heteroatoms. The maximum Gasteiger partial charge on any atom is 0.132 e. The van der Waals surface area contributed by atoms with Crippen molar-refractivity contribution in [3.05, 3.63) is 59.1 Å². The van der Waals surface area contributed by atoms with Gasteiger partial charge < -0.3 is 10.2 Å². The lowest BCUT2D eigenvalue weighted by molar-refractivity contribution is 0.693. The molecule has 0 bridgehead atoms. The predicted octanol–water partition coefficient (Wildman–Crippen LogP) is 4.43. The second-order valence-corrected chi connectivity index (χ2v) is 6.68. The molecule has 120 valence electrons. The molecule has 0 saturated carbocycles. The number of fused-ring (bicyclic) bond motifs is 1. The summed E-state index contributed by atoms with van der Waals surface area (Å²) in [5.41, 5.74) is 1.26. The zero-order valence-corrected chi connectivity index (χ0v) is 14.6. The molecular formula is C19H23N3S. The van der Waals surface area contributed by atoms with E-state index < -0.39 is 0 Å². The normalized spacial score (nSPS) is 11.0. The largest absolute Gasteiger partial charge is 0.357 e. The second-order valence-electron chi connectivity index (χ2n) is 5.51. The first-order chi connectivity index (χ1) is 11.3. The Morgan fingerprint density at radius 3 is 2.65 bits per heavy atom. The van der Waals surface area contributed by atoms with E-state index in [4.69, 9.17) is 0 Å². The molecule has 3 aromatic rings. The van der Waals surface area contributed by atoms with Gasteiger partial charge in [0.1, 0.15) is 5.82 Å². The van der Waals surface area contributed by atoms with Crippen molar-refractivity contribution in [1.82, 2.24) is 10.3 Å². The number of hydrogen-bond donors (Lipinski definition) is 1. The van der Waals surface area contributed by atoms with Crippen LogP contribution in [-0.2, 0) is 13.1 Å². The Kier molecular flexibility index (Phi) is 5.26. The Labute approximate surface area is 142 Å². The Morgan fingerprint density at radius 1 is 1.04 bits per heavy atom. The van der Waals surface area contributed by atoms with Crippen LogP contribution in [-0.4, -0.2) is 18.1 Å². The molecule has 0 aliphatic carbocycles. The van der Waals surface area contributed by atoms with Gasteiger partial charge in [0.2, 0.25) is 0 Å². The monoisotopic (exact) mass is 325 g/mol. The van der Waals surface area contributed by atoms with Crippen molar-refractivity contribution in [3.8, 4) is 0 Å². The maximum atomic E-state index is 4.57. The average molecular weight is 325 g/mol. The van der Waals surface area contributed by atoms with Gasteiger partial charge in [-0.25, -0.2) is 4.98 Å². The van der Waals surface area contributed by atoms with Gasteiger partial charge in [-0.2, -0.15) is 0 Å². The van der Waals surface area contributed by atoms with Gasteiger partial charge in [-0.3, -0.25) is 0 Å². The van der Waals surface area contributed by atoms with Gasteiger partial charge >= 0.3 is 0 Å². The average Bonchev–Trinajstić information content (AvgIpc) is 3.00. The summed E-state index contributed by atoms with van der Waals surface area (Å²) in [6.07, 6.45) is 1.88. The van der Waals surface area contributed by atoms with E-state index in [9.17, 15) is 0 Å². The summed E-state index contributed by atoms with van der Waals surface area (Å²) in [5.74, 6) is 1.10. The molecule has 1 aromatic carbocycles. The minimum Gasteiger partial charge on any atom is -0.357 e. The number of benzene rings is 1. The lowest BCUT2D eigenvalue weighted by atomic mass is 10.2. The zero-order valence-electron chi connectivity index (χ0n) is 13.7. The zero-order chi connectivity index (χ0) is 16.1. The van der Waals surface area contributed by atoms with Gasteiger partial charge in [0, 0.05) is 47.5 Å². The van der Waals surface area contributed by atoms with Crippen LogP contribution in [0.5, 0.6) is 0 Å². The van der Waals surface area contributed by atoms with Crippen LogP contribution < -0.4 is 10.2 Å². The maximum absolute atomic E-state index is 4.57. The van der Waals surface area contributed by atoms with E-state index in [1.165, 1.54) is 20.5 Å². The third-order valence-electron chi connectivity index (χ3n) is 4.02. The highest BCUT2D eigenvalue weighted by Gasteiger charge is 2.09. The van der Waals surface area contributed by atoms with E-state index in [2.05, 4.69) is 65.4 Å². The topological polar surface area (TPSA) is 28.2 Å². The number of hydrogen-bond acceptors (Lipinski definition) is 4. The lowest BCUT2D eigenvalue weighted by Crippen LogP contribution is -2.25. The first kappa shape index (κ1) is 16.0. The number of aromatic nitrogens is 1. The molecule has 2 aromatic heterocycles.